The molecule has 0 aliphatic carbocycles. The molecule has 2 aromatic carbocycles. The monoisotopic (exact) mass is 495 g/mol. The van der Waals surface area contributed by atoms with Gasteiger partial charge >= 0.3 is 0 Å². The Bertz CT molecular complexity index is 988. The van der Waals surface area contributed by atoms with E-state index in [1.165, 1.54) is 5.69 Å². The summed E-state index contributed by atoms with van der Waals surface area (Å²) in [5.41, 5.74) is 3.32. The molecule has 6 heteroatoms. The van der Waals surface area contributed by atoms with Gasteiger partial charge < -0.3 is 42.9 Å². The molecule has 0 fully saturated rings. The molecule has 0 atom stereocenters. The Morgan fingerprint density at radius 3 is 1.82 bits per heavy atom. The van der Waals surface area contributed by atoms with Crippen molar-refractivity contribution in [2.45, 2.75) is 20.4 Å². The number of hydrogen-bond donors (Lipinski definition) is 0. The van der Waals surface area contributed by atoms with Crippen molar-refractivity contribution in [1.82, 2.24) is 0 Å². The molecule has 0 bridgehead atoms. The highest BCUT2D eigenvalue weighted by atomic mass is 127. The second-order valence-electron chi connectivity index (χ2n) is 6.24. The van der Waals surface area contributed by atoms with Crippen LogP contribution in [0.2, 0.25) is 0 Å². The quantitative estimate of drug-likeness (QED) is 0.381. The maximum Gasteiger partial charge on any atom is 0.186 e. The fourth-order valence-electron chi connectivity index (χ4n) is 3.44. The number of hydrogen-bond acceptors (Lipinski definition) is 4. The van der Waals surface area contributed by atoms with E-state index in [1.807, 2.05) is 30.3 Å². The summed E-state index contributed by atoms with van der Waals surface area (Å²) in [5, 5.41) is 2.23. The van der Waals surface area contributed by atoms with E-state index in [0.29, 0.717) is 17.2 Å². The zero-order valence-corrected chi connectivity index (χ0v) is 19.3. The molecule has 0 amide bonds. The summed E-state index contributed by atoms with van der Waals surface area (Å²) in [6.07, 6.45) is 2.17. The van der Waals surface area contributed by atoms with Gasteiger partial charge in [-0.1, -0.05) is 6.07 Å². The van der Waals surface area contributed by atoms with Crippen molar-refractivity contribution >= 4 is 10.8 Å². The Hall–Kier alpha value is -2.22. The summed E-state index contributed by atoms with van der Waals surface area (Å²) in [6.45, 7) is 5.13. The number of methoxy groups -OCH3 is 4. The van der Waals surface area contributed by atoms with Crippen LogP contribution >= 0.6 is 0 Å². The number of fused-ring (bicyclic) bond motifs is 1. The van der Waals surface area contributed by atoms with E-state index in [2.05, 4.69) is 24.6 Å². The Morgan fingerprint density at radius 1 is 0.750 bits per heavy atom. The number of rotatable bonds is 6. The van der Waals surface area contributed by atoms with Gasteiger partial charge in [0.25, 0.3) is 0 Å². The summed E-state index contributed by atoms with van der Waals surface area (Å²) >= 11 is 0. The Labute approximate surface area is 183 Å². The topological polar surface area (TPSA) is 40.8 Å². The largest absolute Gasteiger partial charge is 1.00 e. The van der Waals surface area contributed by atoms with Gasteiger partial charge in [-0.15, -0.1) is 0 Å². The number of pyridine rings is 1. The van der Waals surface area contributed by atoms with Gasteiger partial charge in [0, 0.05) is 12.3 Å². The van der Waals surface area contributed by atoms with E-state index < -0.39 is 0 Å². The molecule has 0 saturated carbocycles. The number of nitrogens with zero attached hydrogens (tertiary/aromatic N) is 1. The maximum atomic E-state index is 5.54. The second kappa shape index (κ2) is 9.32. The highest BCUT2D eigenvalue weighted by Gasteiger charge is 2.20. The first-order chi connectivity index (χ1) is 13.1. The van der Waals surface area contributed by atoms with Gasteiger partial charge in [-0.2, -0.15) is 0 Å². The maximum absolute atomic E-state index is 5.54. The van der Waals surface area contributed by atoms with E-state index >= 15 is 0 Å². The SMILES string of the molecule is CC[n+]1cc(-c2ccc(OC)c(OC)c2)c2cc(OC)c(OC)cc2c1C.[I-]. The highest BCUT2D eigenvalue weighted by molar-refractivity contribution is 5.98. The van der Waals surface area contributed by atoms with Crippen LogP contribution in [0.4, 0.5) is 0 Å². The van der Waals surface area contributed by atoms with Crippen LogP contribution in [-0.2, 0) is 6.54 Å². The van der Waals surface area contributed by atoms with Gasteiger partial charge in [-0.3, -0.25) is 0 Å². The standard InChI is InChI=1S/C22H26NO4.HI/c1-7-23-13-18(15-8-9-19(24-3)20(10-15)25-4)17-12-22(27-6)21(26-5)11-16(17)14(23)2;/h8-13H,7H2,1-6H3;1H/q+1;/p-1. The summed E-state index contributed by atoms with van der Waals surface area (Å²) in [7, 11) is 6.60. The van der Waals surface area contributed by atoms with Gasteiger partial charge in [-0.25, -0.2) is 4.57 Å². The average Bonchev–Trinajstić information content (AvgIpc) is 2.72. The first-order valence-corrected chi connectivity index (χ1v) is 8.89. The van der Waals surface area contributed by atoms with Crippen molar-refractivity contribution in [3.8, 4) is 34.1 Å². The Kier molecular flexibility index (Phi) is 7.35. The molecular weight excluding hydrogens is 469 g/mol. The van der Waals surface area contributed by atoms with Crippen molar-refractivity contribution in [1.29, 1.82) is 0 Å². The Balaban J connectivity index is 0.00000280. The number of benzene rings is 2. The molecule has 3 rings (SSSR count). The lowest BCUT2D eigenvalue weighted by Gasteiger charge is -2.14. The van der Waals surface area contributed by atoms with Crippen molar-refractivity contribution in [3.05, 3.63) is 42.2 Å². The molecule has 150 valence electrons. The summed E-state index contributed by atoms with van der Waals surface area (Å²) in [4.78, 5) is 0. The summed E-state index contributed by atoms with van der Waals surface area (Å²) in [6, 6.07) is 10.0. The zero-order valence-electron chi connectivity index (χ0n) is 17.1. The van der Waals surface area contributed by atoms with Crippen LogP contribution in [0.1, 0.15) is 12.6 Å². The van der Waals surface area contributed by atoms with E-state index in [9.17, 15) is 0 Å². The van der Waals surface area contributed by atoms with Gasteiger partial charge in [0.15, 0.2) is 34.9 Å². The molecule has 3 aromatic rings. The van der Waals surface area contributed by atoms with Crippen molar-refractivity contribution in [3.63, 3.8) is 0 Å². The predicted octanol–water partition coefficient (Wildman–Crippen LogP) is 1.16. The van der Waals surface area contributed by atoms with Gasteiger partial charge in [0.1, 0.15) is 6.54 Å². The number of aryl methyl sites for hydroxylation is 2. The molecule has 0 aliphatic heterocycles. The summed E-state index contributed by atoms with van der Waals surface area (Å²) in [5.74, 6) is 2.84. The molecule has 0 N–H and O–H groups in total. The Morgan fingerprint density at radius 2 is 1.29 bits per heavy atom. The fourth-order valence-corrected chi connectivity index (χ4v) is 3.44. The molecule has 0 radical (unpaired) electrons. The van der Waals surface area contributed by atoms with Crippen molar-refractivity contribution in [2.75, 3.05) is 28.4 Å². The molecule has 28 heavy (non-hydrogen) atoms. The first kappa shape index (κ1) is 22.1. The first-order valence-electron chi connectivity index (χ1n) is 8.89. The molecule has 0 aliphatic rings. The van der Waals surface area contributed by atoms with Crippen LogP contribution in [-0.4, -0.2) is 28.4 Å². The molecule has 5 nitrogen and oxygen atoms in total. The molecule has 0 saturated heterocycles. The van der Waals surface area contributed by atoms with E-state index in [4.69, 9.17) is 18.9 Å². The highest BCUT2D eigenvalue weighted by Crippen LogP contribution is 2.39. The van der Waals surface area contributed by atoms with Crippen LogP contribution in [0.3, 0.4) is 0 Å². The minimum atomic E-state index is 0. The van der Waals surface area contributed by atoms with Crippen LogP contribution < -0.4 is 47.5 Å². The zero-order chi connectivity index (χ0) is 19.6. The van der Waals surface area contributed by atoms with Crippen molar-refractivity contribution in [2.24, 2.45) is 0 Å². The average molecular weight is 495 g/mol. The van der Waals surface area contributed by atoms with Crippen LogP contribution in [0.15, 0.2) is 36.5 Å². The van der Waals surface area contributed by atoms with Crippen LogP contribution in [0.25, 0.3) is 21.9 Å². The predicted molar refractivity (Wildman–Crippen MR) is 106 cm³/mol. The molecule has 0 spiro atoms. The fraction of sp³-hybridized carbons (Fsp3) is 0.318. The van der Waals surface area contributed by atoms with Gasteiger partial charge in [0.05, 0.1) is 39.4 Å². The third-order valence-electron chi connectivity index (χ3n) is 4.95. The molecule has 0 unspecified atom stereocenters. The number of halogens is 1. The lowest BCUT2D eigenvalue weighted by Crippen LogP contribution is -3.00. The number of aromatic nitrogens is 1. The smallest absolute Gasteiger partial charge is 0.186 e. The van der Waals surface area contributed by atoms with E-state index in [-0.39, 0.29) is 24.0 Å². The number of ether oxygens (including phenoxy) is 4. The minimum absolute atomic E-state index is 0. The van der Waals surface area contributed by atoms with Gasteiger partial charge in [0.2, 0.25) is 0 Å². The second-order valence-corrected chi connectivity index (χ2v) is 6.24. The molecule has 1 heterocycles. The lowest BCUT2D eigenvalue weighted by atomic mass is 9.98. The third kappa shape index (κ3) is 3.83. The van der Waals surface area contributed by atoms with E-state index in [0.717, 1.165) is 34.2 Å². The van der Waals surface area contributed by atoms with Crippen LogP contribution in [0.5, 0.6) is 23.0 Å². The lowest BCUT2D eigenvalue weighted by molar-refractivity contribution is -0.697. The normalized spacial score (nSPS) is 10.4. The third-order valence-corrected chi connectivity index (χ3v) is 4.95. The van der Waals surface area contributed by atoms with Crippen LogP contribution in [0, 0.1) is 6.92 Å². The molecular formula is C22H26INO4. The van der Waals surface area contributed by atoms with Crippen molar-refractivity contribution < 1.29 is 47.5 Å². The summed E-state index contributed by atoms with van der Waals surface area (Å²) < 4.78 is 24.2. The minimum Gasteiger partial charge on any atom is -1.00 e. The molecule has 1 aromatic heterocycles. The van der Waals surface area contributed by atoms with Gasteiger partial charge in [-0.05, 0) is 36.8 Å². The van der Waals surface area contributed by atoms with E-state index in [1.54, 1.807) is 28.4 Å².